The summed E-state index contributed by atoms with van der Waals surface area (Å²) in [5, 5.41) is 2.90. The number of hydrogen-bond donors (Lipinski definition) is 1. The van der Waals surface area contributed by atoms with Gasteiger partial charge in [0, 0.05) is 12.1 Å². The van der Waals surface area contributed by atoms with Gasteiger partial charge in [-0.05, 0) is 54.8 Å². The van der Waals surface area contributed by atoms with E-state index in [2.05, 4.69) is 5.32 Å². The molecule has 0 bridgehead atoms. The summed E-state index contributed by atoms with van der Waals surface area (Å²) in [5.41, 5.74) is 1.44. The van der Waals surface area contributed by atoms with Crippen LogP contribution in [0.25, 0.3) is 0 Å². The van der Waals surface area contributed by atoms with Gasteiger partial charge in [-0.25, -0.2) is 4.39 Å². The highest BCUT2D eigenvalue weighted by molar-refractivity contribution is 5.95. The highest BCUT2D eigenvalue weighted by Crippen LogP contribution is 2.34. The number of piperidine rings is 1. The Bertz CT molecular complexity index is 987. The van der Waals surface area contributed by atoms with E-state index in [9.17, 15) is 14.0 Å². The monoisotopic (exact) mass is 406 g/mol. The number of rotatable bonds is 5. The van der Waals surface area contributed by atoms with Crippen LogP contribution in [0.15, 0.2) is 77.4 Å². The van der Waals surface area contributed by atoms with Crippen molar-refractivity contribution >= 4 is 11.8 Å². The minimum atomic E-state index is -0.315. The SMILES string of the molecule is O=C(NCc1ccco1)C1CCC(c2ccc(F)cc2)N(C(=O)c2ccccc2)C1. The van der Waals surface area contributed by atoms with Crippen molar-refractivity contribution in [2.45, 2.75) is 25.4 Å². The van der Waals surface area contributed by atoms with Gasteiger partial charge in [0.1, 0.15) is 11.6 Å². The molecule has 2 atom stereocenters. The van der Waals surface area contributed by atoms with Gasteiger partial charge >= 0.3 is 0 Å². The van der Waals surface area contributed by atoms with Gasteiger partial charge < -0.3 is 14.6 Å². The lowest BCUT2D eigenvalue weighted by Crippen LogP contribution is -2.46. The van der Waals surface area contributed by atoms with Gasteiger partial charge in [0.05, 0.1) is 24.8 Å². The van der Waals surface area contributed by atoms with Crippen molar-refractivity contribution in [3.63, 3.8) is 0 Å². The van der Waals surface area contributed by atoms with Gasteiger partial charge in [-0.15, -0.1) is 0 Å². The van der Waals surface area contributed by atoms with Crippen molar-refractivity contribution in [3.05, 3.63) is 95.7 Å². The molecule has 1 aromatic heterocycles. The fourth-order valence-electron chi connectivity index (χ4n) is 3.92. The van der Waals surface area contributed by atoms with Crippen molar-refractivity contribution in [3.8, 4) is 0 Å². The molecule has 1 aliphatic heterocycles. The minimum absolute atomic E-state index is 0.102. The number of benzene rings is 2. The first-order valence-corrected chi connectivity index (χ1v) is 10.0. The number of furan rings is 1. The molecule has 154 valence electrons. The van der Waals surface area contributed by atoms with Crippen molar-refractivity contribution < 1.29 is 18.4 Å². The molecule has 0 spiro atoms. The van der Waals surface area contributed by atoms with Gasteiger partial charge in [-0.1, -0.05) is 30.3 Å². The van der Waals surface area contributed by atoms with Crippen LogP contribution in [0.1, 0.15) is 40.6 Å². The summed E-state index contributed by atoms with van der Waals surface area (Å²) >= 11 is 0. The molecule has 0 saturated carbocycles. The Kier molecular flexibility index (Phi) is 5.93. The Morgan fingerprint density at radius 1 is 1.00 bits per heavy atom. The Balaban J connectivity index is 1.53. The average molecular weight is 406 g/mol. The van der Waals surface area contributed by atoms with Crippen LogP contribution >= 0.6 is 0 Å². The molecular formula is C24H23FN2O3. The third-order valence-electron chi connectivity index (χ3n) is 5.51. The molecule has 1 aliphatic rings. The highest BCUT2D eigenvalue weighted by Gasteiger charge is 2.36. The smallest absolute Gasteiger partial charge is 0.254 e. The highest BCUT2D eigenvalue weighted by atomic mass is 19.1. The number of amides is 2. The average Bonchev–Trinajstić information content (AvgIpc) is 3.31. The standard InChI is InChI=1S/C24H23FN2O3/c25-20-11-8-17(9-12-20)22-13-10-19(23(28)26-15-21-7-4-14-30-21)16-27(22)24(29)18-5-2-1-3-6-18/h1-9,11-12,14,19,22H,10,13,15-16H2,(H,26,28). The summed E-state index contributed by atoms with van der Waals surface area (Å²) in [6, 6.07) is 18.6. The van der Waals surface area contributed by atoms with Crippen LogP contribution in [-0.4, -0.2) is 23.3 Å². The summed E-state index contributed by atoms with van der Waals surface area (Å²) < 4.78 is 18.7. The van der Waals surface area contributed by atoms with E-state index in [0.717, 1.165) is 5.56 Å². The van der Waals surface area contributed by atoms with E-state index in [1.165, 1.54) is 12.1 Å². The third-order valence-corrected chi connectivity index (χ3v) is 5.51. The first-order chi connectivity index (χ1) is 14.6. The molecule has 1 fully saturated rings. The summed E-state index contributed by atoms with van der Waals surface area (Å²) in [6.07, 6.45) is 2.84. The van der Waals surface area contributed by atoms with Crippen molar-refractivity contribution in [2.24, 2.45) is 5.92 Å². The van der Waals surface area contributed by atoms with E-state index in [1.807, 2.05) is 18.2 Å². The molecule has 4 rings (SSSR count). The van der Waals surface area contributed by atoms with Crippen LogP contribution in [0.4, 0.5) is 4.39 Å². The van der Waals surface area contributed by atoms with Gasteiger partial charge in [0.2, 0.25) is 5.91 Å². The number of nitrogens with one attached hydrogen (secondary N) is 1. The maximum atomic E-state index is 13.4. The zero-order chi connectivity index (χ0) is 20.9. The lowest BCUT2D eigenvalue weighted by Gasteiger charge is -2.39. The molecular weight excluding hydrogens is 383 g/mol. The van der Waals surface area contributed by atoms with Gasteiger partial charge in [0.15, 0.2) is 0 Å². The predicted octanol–water partition coefficient (Wildman–Crippen LogP) is 4.33. The zero-order valence-corrected chi connectivity index (χ0v) is 16.5. The fourth-order valence-corrected chi connectivity index (χ4v) is 3.92. The maximum absolute atomic E-state index is 13.4. The molecule has 2 amide bonds. The number of carbonyl (C=O) groups excluding carboxylic acids is 2. The zero-order valence-electron chi connectivity index (χ0n) is 16.5. The second-order valence-corrected chi connectivity index (χ2v) is 7.46. The molecule has 1 N–H and O–H groups in total. The van der Waals surface area contributed by atoms with E-state index >= 15 is 0 Å². The molecule has 6 heteroatoms. The van der Waals surface area contributed by atoms with E-state index in [0.29, 0.717) is 37.3 Å². The van der Waals surface area contributed by atoms with Crippen molar-refractivity contribution in [1.82, 2.24) is 10.2 Å². The fraction of sp³-hybridized carbons (Fsp3) is 0.250. The summed E-state index contributed by atoms with van der Waals surface area (Å²) in [5.74, 6) is -0.182. The second-order valence-electron chi connectivity index (χ2n) is 7.46. The predicted molar refractivity (Wildman–Crippen MR) is 110 cm³/mol. The van der Waals surface area contributed by atoms with Crippen LogP contribution in [0.2, 0.25) is 0 Å². The Labute approximate surface area is 174 Å². The summed E-state index contributed by atoms with van der Waals surface area (Å²) in [4.78, 5) is 27.8. The lowest BCUT2D eigenvalue weighted by atomic mass is 9.87. The Morgan fingerprint density at radius 3 is 2.47 bits per heavy atom. The van der Waals surface area contributed by atoms with Crippen LogP contribution in [0, 0.1) is 11.7 Å². The van der Waals surface area contributed by atoms with Gasteiger partial charge in [0.25, 0.3) is 5.91 Å². The summed E-state index contributed by atoms with van der Waals surface area (Å²) in [6.45, 7) is 0.621. The largest absolute Gasteiger partial charge is 0.467 e. The van der Waals surface area contributed by atoms with Crippen LogP contribution in [-0.2, 0) is 11.3 Å². The molecule has 5 nitrogen and oxygen atoms in total. The molecule has 0 aliphatic carbocycles. The van der Waals surface area contributed by atoms with E-state index in [1.54, 1.807) is 47.6 Å². The van der Waals surface area contributed by atoms with E-state index in [-0.39, 0.29) is 29.6 Å². The normalized spacial score (nSPS) is 18.8. The molecule has 2 aromatic carbocycles. The number of hydrogen-bond acceptors (Lipinski definition) is 3. The lowest BCUT2D eigenvalue weighted by molar-refractivity contribution is -0.127. The third kappa shape index (κ3) is 4.43. The molecule has 1 saturated heterocycles. The number of likely N-dealkylation sites (tertiary alicyclic amines) is 1. The van der Waals surface area contributed by atoms with Crippen LogP contribution in [0.3, 0.4) is 0 Å². The van der Waals surface area contributed by atoms with Crippen LogP contribution in [0.5, 0.6) is 0 Å². The van der Waals surface area contributed by atoms with Gasteiger partial charge in [-0.3, -0.25) is 9.59 Å². The van der Waals surface area contributed by atoms with Crippen molar-refractivity contribution in [1.29, 1.82) is 0 Å². The number of halogens is 1. The van der Waals surface area contributed by atoms with E-state index < -0.39 is 0 Å². The molecule has 0 radical (unpaired) electrons. The van der Waals surface area contributed by atoms with Crippen molar-refractivity contribution in [2.75, 3.05) is 6.54 Å². The molecule has 3 aromatic rings. The molecule has 30 heavy (non-hydrogen) atoms. The molecule has 2 unspecified atom stereocenters. The first kappa shape index (κ1) is 19.9. The van der Waals surface area contributed by atoms with Crippen LogP contribution < -0.4 is 5.32 Å². The Morgan fingerprint density at radius 2 is 1.77 bits per heavy atom. The minimum Gasteiger partial charge on any atom is -0.467 e. The van der Waals surface area contributed by atoms with E-state index in [4.69, 9.17) is 4.42 Å². The topological polar surface area (TPSA) is 62.6 Å². The van der Waals surface area contributed by atoms with Gasteiger partial charge in [-0.2, -0.15) is 0 Å². The first-order valence-electron chi connectivity index (χ1n) is 10.0. The maximum Gasteiger partial charge on any atom is 0.254 e. The number of carbonyl (C=O) groups is 2. The summed E-state index contributed by atoms with van der Waals surface area (Å²) in [7, 11) is 0. The Hall–Kier alpha value is -3.41. The number of nitrogens with zero attached hydrogens (tertiary/aromatic N) is 1. The second kappa shape index (κ2) is 8.95. The quantitative estimate of drug-likeness (QED) is 0.686. The molecule has 2 heterocycles.